The number of hydrogen-bond acceptors (Lipinski definition) is 7. The van der Waals surface area contributed by atoms with E-state index in [9.17, 15) is 19.5 Å². The van der Waals surface area contributed by atoms with Gasteiger partial charge in [-0.1, -0.05) is 52.7 Å². The van der Waals surface area contributed by atoms with Crippen LogP contribution in [0, 0.1) is 0 Å². The molecule has 8 nitrogen and oxygen atoms in total. The van der Waals surface area contributed by atoms with Gasteiger partial charge in [-0.25, -0.2) is 14.6 Å². The molecule has 0 amide bonds. The second-order valence-corrected chi connectivity index (χ2v) is 10.4. The number of aromatic nitrogens is 1. The number of fused-ring (bicyclic) bond motifs is 1. The summed E-state index contributed by atoms with van der Waals surface area (Å²) in [5.74, 6) is -0.818. The summed E-state index contributed by atoms with van der Waals surface area (Å²) >= 11 is 13.4. The lowest BCUT2D eigenvalue weighted by molar-refractivity contribution is -0.139. The summed E-state index contributed by atoms with van der Waals surface area (Å²) in [5.41, 5.74) is 1.65. The van der Waals surface area contributed by atoms with Crippen molar-refractivity contribution in [2.24, 2.45) is 4.99 Å². The molecule has 1 N–H and O–H groups in total. The van der Waals surface area contributed by atoms with Gasteiger partial charge in [-0.15, -0.1) is 0 Å². The molecule has 0 bridgehead atoms. The standard InChI is InChI=1S/C28H20Cl2N2O6S/c1-3-37-27(36)23-14(2)31-28-32(24(23)15-4-7-17(29)8-5-15)25(33)22(39-28)13-18-9-11-21(38-18)16-6-10-19(26(34)35)20(30)12-16/h4-13,24H,3H2,1-2H3,(H,34,35)/b22-13-. The summed E-state index contributed by atoms with van der Waals surface area (Å²) in [6.07, 6.45) is 1.60. The lowest BCUT2D eigenvalue weighted by Gasteiger charge is -2.24. The highest BCUT2D eigenvalue weighted by molar-refractivity contribution is 7.07. The van der Waals surface area contributed by atoms with Crippen LogP contribution >= 0.6 is 34.5 Å². The molecule has 5 rings (SSSR count). The lowest BCUT2D eigenvalue weighted by Crippen LogP contribution is -2.39. The monoisotopic (exact) mass is 582 g/mol. The SMILES string of the molecule is CCOC(=O)C1=C(C)N=c2s/c(=C\c3ccc(-c4ccc(C(=O)O)c(Cl)c4)o3)c(=O)n2C1c1ccc(Cl)cc1. The Bertz CT molecular complexity index is 1830. The maximum atomic E-state index is 13.7. The molecule has 0 radical (unpaired) electrons. The van der Waals surface area contributed by atoms with Gasteiger partial charge in [-0.3, -0.25) is 9.36 Å². The summed E-state index contributed by atoms with van der Waals surface area (Å²) in [6.45, 7) is 3.61. The van der Waals surface area contributed by atoms with Crippen molar-refractivity contribution in [3.8, 4) is 11.3 Å². The molecule has 39 heavy (non-hydrogen) atoms. The summed E-state index contributed by atoms with van der Waals surface area (Å²) in [6, 6.07) is 14.1. The van der Waals surface area contributed by atoms with Gasteiger partial charge in [-0.2, -0.15) is 0 Å². The molecule has 1 atom stereocenters. The van der Waals surface area contributed by atoms with Crippen molar-refractivity contribution < 1.29 is 23.8 Å². The highest BCUT2D eigenvalue weighted by Crippen LogP contribution is 2.31. The summed E-state index contributed by atoms with van der Waals surface area (Å²) in [4.78, 5) is 42.9. The van der Waals surface area contributed by atoms with Crippen LogP contribution in [0.2, 0.25) is 10.0 Å². The maximum absolute atomic E-state index is 13.7. The van der Waals surface area contributed by atoms with Gasteiger partial charge in [0.1, 0.15) is 11.5 Å². The van der Waals surface area contributed by atoms with Gasteiger partial charge in [0.15, 0.2) is 4.80 Å². The number of esters is 1. The van der Waals surface area contributed by atoms with Gasteiger partial charge in [0.05, 0.1) is 39.0 Å². The number of hydrogen-bond donors (Lipinski definition) is 1. The number of carbonyl (C=O) groups is 2. The van der Waals surface area contributed by atoms with E-state index in [0.717, 1.165) is 0 Å². The van der Waals surface area contributed by atoms with E-state index >= 15 is 0 Å². The molecule has 3 heterocycles. The largest absolute Gasteiger partial charge is 0.478 e. The Morgan fingerprint density at radius 1 is 1.15 bits per heavy atom. The number of halogens is 2. The zero-order valence-corrected chi connectivity index (χ0v) is 22.9. The highest BCUT2D eigenvalue weighted by atomic mass is 35.5. The normalized spacial score (nSPS) is 15.2. The van der Waals surface area contributed by atoms with Crippen LogP contribution in [0.25, 0.3) is 17.4 Å². The van der Waals surface area contributed by atoms with Crippen molar-refractivity contribution in [3.05, 3.63) is 112 Å². The first-order chi connectivity index (χ1) is 18.7. The Hall–Kier alpha value is -3.92. The zero-order valence-electron chi connectivity index (χ0n) is 20.6. The lowest BCUT2D eigenvalue weighted by atomic mass is 9.96. The molecule has 0 fully saturated rings. The van der Waals surface area contributed by atoms with E-state index in [2.05, 4.69) is 4.99 Å². The number of carboxylic acids is 1. The second kappa shape index (κ2) is 10.7. The third kappa shape index (κ3) is 5.08. The van der Waals surface area contributed by atoms with E-state index in [1.807, 2.05) is 0 Å². The number of allylic oxidation sites excluding steroid dienone is 1. The summed E-state index contributed by atoms with van der Waals surface area (Å²) in [5, 5.41) is 9.81. The maximum Gasteiger partial charge on any atom is 0.338 e. The number of aromatic carboxylic acids is 1. The van der Waals surface area contributed by atoms with Crippen molar-refractivity contribution in [3.63, 3.8) is 0 Å². The van der Waals surface area contributed by atoms with E-state index in [1.54, 1.807) is 62.4 Å². The number of thiazole rings is 1. The molecular weight excluding hydrogens is 563 g/mol. The average Bonchev–Trinajstić information content (AvgIpc) is 3.48. The Morgan fingerprint density at radius 3 is 2.56 bits per heavy atom. The van der Waals surface area contributed by atoms with Crippen molar-refractivity contribution >= 4 is 52.6 Å². The van der Waals surface area contributed by atoms with Crippen LogP contribution in [0.5, 0.6) is 0 Å². The van der Waals surface area contributed by atoms with E-state index in [0.29, 0.717) is 42.7 Å². The fraction of sp³-hybridized carbons (Fsp3) is 0.143. The van der Waals surface area contributed by atoms with E-state index in [1.165, 1.54) is 28.0 Å². The molecule has 0 saturated heterocycles. The minimum Gasteiger partial charge on any atom is -0.478 e. The van der Waals surface area contributed by atoms with Gasteiger partial charge in [-0.05, 0) is 55.8 Å². The molecule has 2 aromatic heterocycles. The number of furan rings is 1. The third-order valence-corrected chi connectivity index (χ3v) is 7.63. The number of nitrogens with zero attached hydrogens (tertiary/aromatic N) is 2. The number of carboxylic acid groups (broad SMARTS) is 1. The summed E-state index contributed by atoms with van der Waals surface area (Å²) in [7, 11) is 0. The highest BCUT2D eigenvalue weighted by Gasteiger charge is 2.33. The molecule has 0 saturated carbocycles. The minimum atomic E-state index is -1.12. The number of rotatable bonds is 6. The Kier molecular flexibility index (Phi) is 7.31. The molecule has 1 aliphatic heterocycles. The van der Waals surface area contributed by atoms with Crippen molar-refractivity contribution in [2.75, 3.05) is 6.61 Å². The Morgan fingerprint density at radius 2 is 1.90 bits per heavy atom. The van der Waals surface area contributed by atoms with Crippen LogP contribution in [0.3, 0.4) is 0 Å². The van der Waals surface area contributed by atoms with Gasteiger partial charge < -0.3 is 14.3 Å². The van der Waals surface area contributed by atoms with Crippen LogP contribution in [-0.4, -0.2) is 28.2 Å². The quantitative estimate of drug-likeness (QED) is 0.318. The number of carbonyl (C=O) groups excluding carboxylic acids is 1. The smallest absolute Gasteiger partial charge is 0.338 e. The molecule has 0 aliphatic carbocycles. The molecular formula is C28H20Cl2N2O6S. The summed E-state index contributed by atoms with van der Waals surface area (Å²) < 4.78 is 13.1. The number of ether oxygens (including phenoxy) is 1. The zero-order chi connectivity index (χ0) is 27.8. The van der Waals surface area contributed by atoms with Gasteiger partial charge in [0.25, 0.3) is 5.56 Å². The first-order valence-electron chi connectivity index (χ1n) is 11.8. The Labute approximate surface area is 235 Å². The van der Waals surface area contributed by atoms with Crippen LogP contribution in [0.1, 0.15) is 41.6 Å². The van der Waals surface area contributed by atoms with Crippen molar-refractivity contribution in [1.29, 1.82) is 0 Å². The topological polar surface area (TPSA) is 111 Å². The van der Waals surface area contributed by atoms with Crippen molar-refractivity contribution in [1.82, 2.24) is 4.57 Å². The molecule has 1 aliphatic rings. The third-order valence-electron chi connectivity index (χ3n) is 6.09. The molecule has 4 aromatic rings. The van der Waals surface area contributed by atoms with Gasteiger partial charge in [0, 0.05) is 16.7 Å². The molecule has 2 aromatic carbocycles. The van der Waals surface area contributed by atoms with Gasteiger partial charge >= 0.3 is 11.9 Å². The first-order valence-corrected chi connectivity index (χ1v) is 13.3. The van der Waals surface area contributed by atoms with Crippen LogP contribution in [0.15, 0.2) is 80.1 Å². The molecule has 1 unspecified atom stereocenters. The fourth-order valence-electron chi connectivity index (χ4n) is 4.31. The molecule has 198 valence electrons. The minimum absolute atomic E-state index is 0.0129. The molecule has 11 heteroatoms. The van der Waals surface area contributed by atoms with Gasteiger partial charge in [0.2, 0.25) is 0 Å². The van der Waals surface area contributed by atoms with E-state index in [-0.39, 0.29) is 28.3 Å². The van der Waals surface area contributed by atoms with E-state index in [4.69, 9.17) is 32.4 Å². The van der Waals surface area contributed by atoms with Crippen LogP contribution in [-0.2, 0) is 9.53 Å². The predicted octanol–water partition coefficient (Wildman–Crippen LogP) is 5.06. The molecule has 0 spiro atoms. The predicted molar refractivity (Wildman–Crippen MR) is 148 cm³/mol. The van der Waals surface area contributed by atoms with Crippen LogP contribution in [0.4, 0.5) is 0 Å². The second-order valence-electron chi connectivity index (χ2n) is 8.56. The van der Waals surface area contributed by atoms with Crippen LogP contribution < -0.4 is 14.9 Å². The fourth-order valence-corrected chi connectivity index (χ4v) is 5.72. The Balaban J connectivity index is 1.60. The average molecular weight is 583 g/mol. The first kappa shape index (κ1) is 26.7. The van der Waals surface area contributed by atoms with Crippen molar-refractivity contribution in [2.45, 2.75) is 19.9 Å². The van der Waals surface area contributed by atoms with E-state index < -0.39 is 18.0 Å². The number of benzene rings is 2.